The van der Waals surface area contributed by atoms with Crippen molar-refractivity contribution in [2.24, 2.45) is 0 Å². The van der Waals surface area contributed by atoms with Crippen molar-refractivity contribution in [3.63, 3.8) is 0 Å². The second kappa shape index (κ2) is 6.55. The van der Waals surface area contributed by atoms with Crippen LogP contribution in [0, 0.1) is 0 Å². The van der Waals surface area contributed by atoms with E-state index in [2.05, 4.69) is 4.98 Å². The molecule has 1 aromatic carbocycles. The molecule has 1 saturated heterocycles. The average molecular weight is 337 g/mol. The normalized spacial score (nSPS) is 18.2. The van der Waals surface area contributed by atoms with Crippen LogP contribution in [0.4, 0.5) is 10.5 Å². The van der Waals surface area contributed by atoms with E-state index in [1.165, 1.54) is 4.90 Å². The SMILES string of the molecule is O=C1CN(C2CCCC2)C(=O)N1c1cccc(Oc2ccncc2)c1. The van der Waals surface area contributed by atoms with Gasteiger partial charge in [0.25, 0.3) is 5.91 Å². The first kappa shape index (κ1) is 15.6. The number of pyridine rings is 1. The quantitative estimate of drug-likeness (QED) is 0.800. The molecule has 0 atom stereocenters. The summed E-state index contributed by atoms with van der Waals surface area (Å²) < 4.78 is 5.77. The molecule has 6 heteroatoms. The number of carbonyl (C=O) groups excluding carboxylic acids is 2. The Hall–Kier alpha value is -2.89. The molecule has 25 heavy (non-hydrogen) atoms. The number of urea groups is 1. The lowest BCUT2D eigenvalue weighted by Gasteiger charge is -2.23. The number of hydrogen-bond donors (Lipinski definition) is 0. The first-order chi connectivity index (χ1) is 12.2. The Bertz CT molecular complexity index is 788. The molecule has 0 bridgehead atoms. The number of imide groups is 1. The van der Waals surface area contributed by atoms with Gasteiger partial charge in [-0.2, -0.15) is 0 Å². The molecule has 0 spiro atoms. The molecular formula is C19H19N3O3. The summed E-state index contributed by atoms with van der Waals surface area (Å²) in [6, 6.07) is 10.5. The Morgan fingerprint density at radius 3 is 2.52 bits per heavy atom. The van der Waals surface area contributed by atoms with Crippen molar-refractivity contribution in [1.82, 2.24) is 9.88 Å². The number of aromatic nitrogens is 1. The zero-order chi connectivity index (χ0) is 17.2. The second-order valence-electron chi connectivity index (χ2n) is 6.36. The van der Waals surface area contributed by atoms with E-state index in [4.69, 9.17) is 4.74 Å². The highest BCUT2D eigenvalue weighted by molar-refractivity contribution is 6.20. The number of nitrogens with zero attached hydrogens (tertiary/aromatic N) is 3. The van der Waals surface area contributed by atoms with Crippen LogP contribution in [0.15, 0.2) is 48.8 Å². The topological polar surface area (TPSA) is 62.7 Å². The smallest absolute Gasteiger partial charge is 0.332 e. The monoisotopic (exact) mass is 337 g/mol. The third-order valence-corrected chi connectivity index (χ3v) is 4.72. The molecule has 2 heterocycles. The van der Waals surface area contributed by atoms with Crippen LogP contribution in [0.3, 0.4) is 0 Å². The van der Waals surface area contributed by atoms with Gasteiger partial charge in [0.1, 0.15) is 18.0 Å². The first-order valence-electron chi connectivity index (χ1n) is 8.54. The molecule has 2 aromatic rings. The van der Waals surface area contributed by atoms with Crippen molar-refractivity contribution in [3.05, 3.63) is 48.8 Å². The minimum atomic E-state index is -0.224. The lowest BCUT2D eigenvalue weighted by molar-refractivity contribution is -0.116. The van der Waals surface area contributed by atoms with Gasteiger partial charge in [0, 0.05) is 24.5 Å². The Kier molecular flexibility index (Phi) is 4.09. The lowest BCUT2D eigenvalue weighted by Crippen LogP contribution is -2.38. The van der Waals surface area contributed by atoms with E-state index in [1.54, 1.807) is 53.7 Å². The largest absolute Gasteiger partial charge is 0.457 e. The van der Waals surface area contributed by atoms with Crippen LogP contribution in [-0.2, 0) is 4.79 Å². The number of carbonyl (C=O) groups is 2. The maximum Gasteiger partial charge on any atom is 0.332 e. The Balaban J connectivity index is 1.56. The van der Waals surface area contributed by atoms with Crippen molar-refractivity contribution in [3.8, 4) is 11.5 Å². The molecule has 1 aliphatic carbocycles. The molecule has 1 aliphatic heterocycles. The third-order valence-electron chi connectivity index (χ3n) is 4.72. The van der Waals surface area contributed by atoms with Crippen molar-refractivity contribution in [2.45, 2.75) is 31.7 Å². The van der Waals surface area contributed by atoms with Gasteiger partial charge in [-0.05, 0) is 37.1 Å². The fraction of sp³-hybridized carbons (Fsp3) is 0.316. The summed E-state index contributed by atoms with van der Waals surface area (Å²) in [5, 5.41) is 0. The summed E-state index contributed by atoms with van der Waals surface area (Å²) in [6.45, 7) is 0.166. The van der Waals surface area contributed by atoms with Gasteiger partial charge < -0.3 is 9.64 Å². The summed E-state index contributed by atoms with van der Waals surface area (Å²) in [5.74, 6) is 1.04. The minimum absolute atomic E-state index is 0.166. The van der Waals surface area contributed by atoms with Crippen LogP contribution < -0.4 is 9.64 Å². The maximum atomic E-state index is 12.8. The maximum absolute atomic E-state index is 12.8. The molecule has 1 aromatic heterocycles. The number of benzene rings is 1. The van der Waals surface area contributed by atoms with Crippen LogP contribution in [-0.4, -0.2) is 34.4 Å². The number of rotatable bonds is 4. The summed E-state index contributed by atoms with van der Waals surface area (Å²) in [4.78, 5) is 32.1. The molecule has 0 unspecified atom stereocenters. The van der Waals surface area contributed by atoms with Crippen molar-refractivity contribution in [1.29, 1.82) is 0 Å². The van der Waals surface area contributed by atoms with E-state index >= 15 is 0 Å². The summed E-state index contributed by atoms with van der Waals surface area (Å²) in [6.07, 6.45) is 7.50. The third kappa shape index (κ3) is 3.07. The molecule has 6 nitrogen and oxygen atoms in total. The molecule has 4 rings (SSSR count). The molecule has 0 radical (unpaired) electrons. The van der Waals surface area contributed by atoms with Crippen LogP contribution in [0.1, 0.15) is 25.7 Å². The summed E-state index contributed by atoms with van der Waals surface area (Å²) in [5.41, 5.74) is 0.544. The predicted octanol–water partition coefficient (Wildman–Crippen LogP) is 3.59. The number of anilines is 1. The van der Waals surface area contributed by atoms with Gasteiger partial charge in [-0.15, -0.1) is 0 Å². The van der Waals surface area contributed by atoms with E-state index in [0.29, 0.717) is 17.2 Å². The average Bonchev–Trinajstić information content (AvgIpc) is 3.24. The highest BCUT2D eigenvalue weighted by Gasteiger charge is 2.41. The second-order valence-corrected chi connectivity index (χ2v) is 6.36. The molecule has 1 saturated carbocycles. The number of amides is 3. The fourth-order valence-corrected chi connectivity index (χ4v) is 3.50. The Morgan fingerprint density at radius 1 is 1.00 bits per heavy atom. The summed E-state index contributed by atoms with van der Waals surface area (Å²) >= 11 is 0. The van der Waals surface area contributed by atoms with E-state index in [1.807, 2.05) is 0 Å². The molecule has 128 valence electrons. The lowest BCUT2D eigenvalue weighted by atomic mass is 10.2. The Morgan fingerprint density at radius 2 is 1.76 bits per heavy atom. The molecule has 3 amide bonds. The van der Waals surface area contributed by atoms with Gasteiger partial charge in [-0.3, -0.25) is 9.78 Å². The van der Waals surface area contributed by atoms with E-state index in [-0.39, 0.29) is 24.5 Å². The van der Waals surface area contributed by atoms with E-state index in [9.17, 15) is 9.59 Å². The van der Waals surface area contributed by atoms with E-state index in [0.717, 1.165) is 25.7 Å². The highest BCUT2D eigenvalue weighted by atomic mass is 16.5. The molecular weight excluding hydrogens is 318 g/mol. The van der Waals surface area contributed by atoms with Crippen molar-refractivity contribution in [2.75, 3.05) is 11.4 Å². The zero-order valence-corrected chi connectivity index (χ0v) is 13.8. The van der Waals surface area contributed by atoms with Crippen LogP contribution in [0.2, 0.25) is 0 Å². The van der Waals surface area contributed by atoms with Crippen molar-refractivity contribution >= 4 is 17.6 Å². The van der Waals surface area contributed by atoms with Crippen molar-refractivity contribution < 1.29 is 14.3 Å². The summed E-state index contributed by atoms with van der Waals surface area (Å²) in [7, 11) is 0. The standard InChI is InChI=1S/C19H19N3O3/c23-18-13-21(14-4-1-2-5-14)19(24)22(18)15-6-3-7-17(12-15)25-16-8-10-20-11-9-16/h3,6-12,14H,1-2,4-5,13H2. The Labute approximate surface area is 146 Å². The van der Waals surface area contributed by atoms with Gasteiger partial charge in [-0.1, -0.05) is 18.9 Å². The molecule has 2 fully saturated rings. The fourth-order valence-electron chi connectivity index (χ4n) is 3.50. The highest BCUT2D eigenvalue weighted by Crippen LogP contribution is 2.31. The van der Waals surface area contributed by atoms with Gasteiger partial charge >= 0.3 is 6.03 Å². The molecule has 0 N–H and O–H groups in total. The minimum Gasteiger partial charge on any atom is -0.457 e. The van der Waals surface area contributed by atoms with Crippen LogP contribution in [0.25, 0.3) is 0 Å². The van der Waals surface area contributed by atoms with Gasteiger partial charge in [0.15, 0.2) is 0 Å². The molecule has 2 aliphatic rings. The van der Waals surface area contributed by atoms with Gasteiger partial charge in [0.05, 0.1) is 5.69 Å². The number of ether oxygens (including phenoxy) is 1. The van der Waals surface area contributed by atoms with Gasteiger partial charge in [-0.25, -0.2) is 9.69 Å². The zero-order valence-electron chi connectivity index (χ0n) is 13.8. The van der Waals surface area contributed by atoms with E-state index < -0.39 is 0 Å². The van der Waals surface area contributed by atoms with Gasteiger partial charge in [0.2, 0.25) is 0 Å². The predicted molar refractivity (Wildman–Crippen MR) is 92.6 cm³/mol. The van der Waals surface area contributed by atoms with Crippen LogP contribution >= 0.6 is 0 Å². The number of hydrogen-bond acceptors (Lipinski definition) is 4. The van der Waals surface area contributed by atoms with Crippen LogP contribution in [0.5, 0.6) is 11.5 Å². The first-order valence-corrected chi connectivity index (χ1v) is 8.54.